The lowest BCUT2D eigenvalue weighted by atomic mass is 9.71. The first kappa shape index (κ1) is 11.4. The maximum absolute atomic E-state index is 2.48. The van der Waals surface area contributed by atoms with Gasteiger partial charge in [0, 0.05) is 27.2 Å². The van der Waals surface area contributed by atoms with Crippen molar-refractivity contribution in [1.82, 2.24) is 14.9 Å². The van der Waals surface area contributed by atoms with Gasteiger partial charge >= 0.3 is 0 Å². The molecule has 0 bridgehead atoms. The lowest BCUT2D eigenvalue weighted by molar-refractivity contribution is -0.0480. The van der Waals surface area contributed by atoms with Crippen LogP contribution in [-0.4, -0.2) is 62.2 Å². The molecule has 0 radical (unpaired) electrons. The molecule has 2 aliphatic heterocycles. The monoisotopic (exact) mass is 211 g/mol. The summed E-state index contributed by atoms with van der Waals surface area (Å²) in [4.78, 5) is 2.48. The van der Waals surface area contributed by atoms with Gasteiger partial charge in [0.25, 0.3) is 0 Å². The van der Waals surface area contributed by atoms with Gasteiger partial charge in [0.1, 0.15) is 0 Å². The van der Waals surface area contributed by atoms with Gasteiger partial charge in [0.05, 0.1) is 0 Å². The van der Waals surface area contributed by atoms with E-state index in [-0.39, 0.29) is 0 Å². The van der Waals surface area contributed by atoms with Crippen molar-refractivity contribution in [3.8, 4) is 0 Å². The molecule has 0 unspecified atom stereocenters. The second-order valence-electron chi connectivity index (χ2n) is 5.60. The van der Waals surface area contributed by atoms with E-state index in [1.165, 1.54) is 51.9 Å². The number of piperidine rings is 2. The molecule has 3 heteroatoms. The summed E-state index contributed by atoms with van der Waals surface area (Å²) in [5.74, 6) is 0. The van der Waals surface area contributed by atoms with Crippen LogP contribution in [0.15, 0.2) is 0 Å². The lowest BCUT2D eigenvalue weighted by Gasteiger charge is -2.47. The molecular formula is C12H25N3. The van der Waals surface area contributed by atoms with Crippen molar-refractivity contribution in [2.24, 2.45) is 5.41 Å². The van der Waals surface area contributed by atoms with Crippen molar-refractivity contribution in [3.63, 3.8) is 0 Å². The third-order valence-corrected chi connectivity index (χ3v) is 4.41. The molecule has 0 N–H and O–H groups in total. The fraction of sp³-hybridized carbons (Fsp3) is 1.00. The van der Waals surface area contributed by atoms with E-state index in [1.54, 1.807) is 0 Å². The zero-order chi connectivity index (χ0) is 10.9. The normalized spacial score (nSPS) is 28.8. The van der Waals surface area contributed by atoms with Gasteiger partial charge in [-0.25, -0.2) is 10.0 Å². The number of nitrogens with zero attached hydrogens (tertiary/aromatic N) is 3. The second kappa shape index (κ2) is 4.40. The van der Waals surface area contributed by atoms with E-state index in [1.807, 2.05) is 0 Å². The third-order valence-electron chi connectivity index (χ3n) is 4.41. The molecule has 2 saturated heterocycles. The van der Waals surface area contributed by atoms with Crippen molar-refractivity contribution in [3.05, 3.63) is 0 Å². The van der Waals surface area contributed by atoms with Crippen LogP contribution in [0.2, 0.25) is 0 Å². The number of likely N-dealkylation sites (tertiary alicyclic amines) is 1. The highest BCUT2D eigenvalue weighted by Gasteiger charge is 2.36. The zero-order valence-electron chi connectivity index (χ0n) is 10.5. The van der Waals surface area contributed by atoms with Gasteiger partial charge in [-0.05, 0) is 51.2 Å². The number of hydrogen-bond donors (Lipinski definition) is 0. The van der Waals surface area contributed by atoms with Gasteiger partial charge in [0.15, 0.2) is 0 Å². The summed E-state index contributed by atoms with van der Waals surface area (Å²) < 4.78 is 0. The highest BCUT2D eigenvalue weighted by molar-refractivity contribution is 4.89. The van der Waals surface area contributed by atoms with Crippen LogP contribution in [0, 0.1) is 5.41 Å². The number of hydrazine groups is 1. The smallest absolute Gasteiger partial charge is 0.0138 e. The average Bonchev–Trinajstić information content (AvgIpc) is 2.24. The van der Waals surface area contributed by atoms with Crippen LogP contribution in [-0.2, 0) is 0 Å². The van der Waals surface area contributed by atoms with Crippen molar-refractivity contribution in [2.75, 3.05) is 47.3 Å². The Balaban J connectivity index is 1.86. The summed E-state index contributed by atoms with van der Waals surface area (Å²) in [5, 5.41) is 4.73. The number of rotatable bonds is 1. The Bertz CT molecular complexity index is 197. The first-order valence-electron chi connectivity index (χ1n) is 6.22. The van der Waals surface area contributed by atoms with Crippen molar-refractivity contribution < 1.29 is 0 Å². The summed E-state index contributed by atoms with van der Waals surface area (Å²) in [6.45, 7) is 5.14. The van der Waals surface area contributed by atoms with Crippen LogP contribution in [0.3, 0.4) is 0 Å². The van der Waals surface area contributed by atoms with Crippen LogP contribution in [0.1, 0.15) is 25.7 Å². The molecule has 0 saturated carbocycles. The Labute approximate surface area is 94.0 Å². The van der Waals surface area contributed by atoms with E-state index in [2.05, 4.69) is 36.1 Å². The molecule has 2 fully saturated rings. The minimum Gasteiger partial charge on any atom is -0.306 e. The van der Waals surface area contributed by atoms with Gasteiger partial charge in [-0.1, -0.05) is 0 Å². The van der Waals surface area contributed by atoms with E-state index >= 15 is 0 Å². The first-order valence-corrected chi connectivity index (χ1v) is 6.22. The molecule has 0 aromatic heterocycles. The van der Waals surface area contributed by atoms with E-state index in [9.17, 15) is 0 Å². The Morgan fingerprint density at radius 3 is 1.80 bits per heavy atom. The summed E-state index contributed by atoms with van der Waals surface area (Å²) >= 11 is 0. The average molecular weight is 211 g/mol. The van der Waals surface area contributed by atoms with Gasteiger partial charge in [-0.2, -0.15) is 0 Å². The third kappa shape index (κ3) is 2.52. The summed E-state index contributed by atoms with van der Waals surface area (Å²) in [5.41, 5.74) is 0.693. The fourth-order valence-corrected chi connectivity index (χ4v) is 2.96. The van der Waals surface area contributed by atoms with Crippen molar-refractivity contribution >= 4 is 0 Å². The van der Waals surface area contributed by atoms with Crippen LogP contribution in [0.5, 0.6) is 0 Å². The quantitative estimate of drug-likeness (QED) is 0.647. The lowest BCUT2D eigenvalue weighted by Crippen LogP contribution is -2.49. The minimum absolute atomic E-state index is 0.693. The zero-order valence-corrected chi connectivity index (χ0v) is 10.5. The molecule has 0 aliphatic carbocycles. The molecule has 3 nitrogen and oxygen atoms in total. The minimum atomic E-state index is 0.693. The topological polar surface area (TPSA) is 9.72 Å². The predicted molar refractivity (Wildman–Crippen MR) is 63.7 cm³/mol. The fourth-order valence-electron chi connectivity index (χ4n) is 2.96. The summed E-state index contributed by atoms with van der Waals surface area (Å²) in [6.07, 6.45) is 5.65. The number of hydrogen-bond acceptors (Lipinski definition) is 3. The van der Waals surface area contributed by atoms with Gasteiger partial charge < -0.3 is 4.90 Å². The summed E-state index contributed by atoms with van der Waals surface area (Å²) in [6, 6.07) is 0. The van der Waals surface area contributed by atoms with Gasteiger partial charge in [-0.15, -0.1) is 0 Å². The standard InChI is InChI=1S/C12H25N3/c1-13(2)15-10-6-12(7-11-15)4-8-14(3)9-5-12/h4-11H2,1-3H3. The largest absolute Gasteiger partial charge is 0.306 e. The summed E-state index contributed by atoms with van der Waals surface area (Å²) in [7, 11) is 6.57. The van der Waals surface area contributed by atoms with Gasteiger partial charge in [0.2, 0.25) is 0 Å². The van der Waals surface area contributed by atoms with Crippen LogP contribution >= 0.6 is 0 Å². The van der Waals surface area contributed by atoms with Crippen molar-refractivity contribution in [1.29, 1.82) is 0 Å². The molecule has 88 valence electrons. The molecule has 0 aromatic carbocycles. The molecule has 2 heterocycles. The van der Waals surface area contributed by atoms with Crippen molar-refractivity contribution in [2.45, 2.75) is 25.7 Å². The Hall–Kier alpha value is -0.120. The molecule has 0 amide bonds. The highest BCUT2D eigenvalue weighted by atomic mass is 15.6. The molecule has 0 aromatic rings. The molecular weight excluding hydrogens is 186 g/mol. The molecule has 1 spiro atoms. The highest BCUT2D eigenvalue weighted by Crippen LogP contribution is 2.40. The molecule has 2 rings (SSSR count). The first-order chi connectivity index (χ1) is 7.11. The maximum atomic E-state index is 2.48. The maximum Gasteiger partial charge on any atom is 0.0138 e. The van der Waals surface area contributed by atoms with Crippen LogP contribution in [0.4, 0.5) is 0 Å². The van der Waals surface area contributed by atoms with Crippen LogP contribution in [0.25, 0.3) is 0 Å². The van der Waals surface area contributed by atoms with Gasteiger partial charge in [-0.3, -0.25) is 0 Å². The Morgan fingerprint density at radius 2 is 1.33 bits per heavy atom. The van der Waals surface area contributed by atoms with E-state index in [0.29, 0.717) is 5.41 Å². The SMILES string of the molecule is CN1CCC2(CC1)CCN(N(C)C)CC2. The van der Waals surface area contributed by atoms with E-state index < -0.39 is 0 Å². The Kier molecular flexibility index (Phi) is 3.33. The van der Waals surface area contributed by atoms with Crippen LogP contribution < -0.4 is 0 Å². The van der Waals surface area contributed by atoms with E-state index in [4.69, 9.17) is 0 Å². The molecule has 0 atom stereocenters. The molecule has 15 heavy (non-hydrogen) atoms. The molecule has 2 aliphatic rings. The second-order valence-corrected chi connectivity index (χ2v) is 5.60. The van der Waals surface area contributed by atoms with E-state index in [0.717, 1.165) is 0 Å². The predicted octanol–water partition coefficient (Wildman–Crippen LogP) is 1.27. The Morgan fingerprint density at radius 1 is 0.867 bits per heavy atom.